The van der Waals surface area contributed by atoms with Gasteiger partial charge in [-0.1, -0.05) is 13.0 Å². The third-order valence-electron chi connectivity index (χ3n) is 3.38. The van der Waals surface area contributed by atoms with E-state index in [2.05, 4.69) is 65.7 Å². The van der Waals surface area contributed by atoms with E-state index in [4.69, 9.17) is 0 Å². The van der Waals surface area contributed by atoms with Gasteiger partial charge in [-0.2, -0.15) is 0 Å². The SMILES string of the molecule is CCNC(=NCCN(CC)C(C)C)NCCc1cccs1.I. The van der Waals surface area contributed by atoms with Gasteiger partial charge in [0.2, 0.25) is 0 Å². The molecule has 1 aromatic rings. The molecule has 0 aromatic carbocycles. The lowest BCUT2D eigenvalue weighted by Crippen LogP contribution is -2.39. The van der Waals surface area contributed by atoms with Gasteiger partial charge in [0.15, 0.2) is 5.96 Å². The van der Waals surface area contributed by atoms with Crippen molar-refractivity contribution in [3.05, 3.63) is 22.4 Å². The van der Waals surface area contributed by atoms with Gasteiger partial charge in [-0.15, -0.1) is 35.3 Å². The zero-order chi connectivity index (χ0) is 15.5. The Kier molecular flexibility index (Phi) is 12.9. The van der Waals surface area contributed by atoms with Gasteiger partial charge >= 0.3 is 0 Å². The van der Waals surface area contributed by atoms with Crippen LogP contribution in [0.4, 0.5) is 0 Å². The molecule has 4 nitrogen and oxygen atoms in total. The normalized spacial score (nSPS) is 11.6. The predicted molar refractivity (Wildman–Crippen MR) is 110 cm³/mol. The van der Waals surface area contributed by atoms with Crippen LogP contribution >= 0.6 is 35.3 Å². The molecule has 6 heteroatoms. The minimum absolute atomic E-state index is 0. The number of aliphatic imine (C=N–C) groups is 1. The summed E-state index contributed by atoms with van der Waals surface area (Å²) in [6, 6.07) is 4.86. The Morgan fingerprint density at radius 2 is 2.09 bits per heavy atom. The molecule has 0 spiro atoms. The number of halogens is 1. The van der Waals surface area contributed by atoms with Gasteiger partial charge < -0.3 is 10.6 Å². The average Bonchev–Trinajstić information content (AvgIpc) is 2.96. The van der Waals surface area contributed by atoms with Crippen LogP contribution in [0, 0.1) is 0 Å². The molecule has 0 saturated carbocycles. The van der Waals surface area contributed by atoms with Gasteiger partial charge in [0.05, 0.1) is 6.54 Å². The van der Waals surface area contributed by atoms with E-state index in [1.807, 2.05) is 11.3 Å². The number of nitrogens with zero attached hydrogens (tertiary/aromatic N) is 2. The molecule has 1 aromatic heterocycles. The quantitative estimate of drug-likeness (QED) is 0.354. The number of likely N-dealkylation sites (N-methyl/N-ethyl adjacent to an activating group) is 1. The summed E-state index contributed by atoms with van der Waals surface area (Å²) in [5, 5.41) is 8.84. The molecule has 0 unspecified atom stereocenters. The molecular formula is C16H31IN4S. The maximum atomic E-state index is 4.66. The van der Waals surface area contributed by atoms with Crippen LogP contribution in [0.2, 0.25) is 0 Å². The molecule has 0 amide bonds. The van der Waals surface area contributed by atoms with Crippen molar-refractivity contribution in [2.24, 2.45) is 4.99 Å². The number of rotatable bonds is 9. The van der Waals surface area contributed by atoms with E-state index in [0.29, 0.717) is 6.04 Å². The third kappa shape index (κ3) is 8.95. The first kappa shape index (κ1) is 21.7. The lowest BCUT2D eigenvalue weighted by atomic mass is 10.3. The molecule has 0 fully saturated rings. The van der Waals surface area contributed by atoms with E-state index in [9.17, 15) is 0 Å². The van der Waals surface area contributed by atoms with Crippen molar-refractivity contribution < 1.29 is 0 Å². The summed E-state index contributed by atoms with van der Waals surface area (Å²) < 4.78 is 0. The van der Waals surface area contributed by atoms with E-state index in [1.54, 1.807) is 0 Å². The zero-order valence-electron chi connectivity index (χ0n) is 14.3. The van der Waals surface area contributed by atoms with Crippen LogP contribution in [-0.2, 0) is 6.42 Å². The number of hydrogen-bond acceptors (Lipinski definition) is 3. The van der Waals surface area contributed by atoms with Crippen molar-refractivity contribution in [1.29, 1.82) is 0 Å². The Labute approximate surface area is 156 Å². The fourth-order valence-electron chi connectivity index (χ4n) is 2.17. The second-order valence-electron chi connectivity index (χ2n) is 5.24. The second kappa shape index (κ2) is 13.1. The highest BCUT2D eigenvalue weighted by molar-refractivity contribution is 14.0. The minimum atomic E-state index is 0. The van der Waals surface area contributed by atoms with Gasteiger partial charge in [-0.05, 0) is 45.2 Å². The highest BCUT2D eigenvalue weighted by Crippen LogP contribution is 2.07. The van der Waals surface area contributed by atoms with Crippen molar-refractivity contribution in [2.45, 2.75) is 40.2 Å². The molecule has 22 heavy (non-hydrogen) atoms. The third-order valence-corrected chi connectivity index (χ3v) is 4.32. The topological polar surface area (TPSA) is 39.7 Å². The first-order valence-corrected chi connectivity index (χ1v) is 8.83. The zero-order valence-corrected chi connectivity index (χ0v) is 17.4. The highest BCUT2D eigenvalue weighted by atomic mass is 127. The van der Waals surface area contributed by atoms with E-state index >= 15 is 0 Å². The molecule has 0 atom stereocenters. The standard InChI is InChI=1S/C16H30N4S.HI/c1-5-17-16(18-10-9-15-8-7-13-21-15)19-11-12-20(6-2)14(3)4;/h7-8,13-14H,5-6,9-12H2,1-4H3,(H2,17,18,19);1H. The van der Waals surface area contributed by atoms with Crippen molar-refractivity contribution in [2.75, 3.05) is 32.7 Å². The molecule has 1 rings (SSSR count). The van der Waals surface area contributed by atoms with E-state index in [-0.39, 0.29) is 24.0 Å². The predicted octanol–water partition coefficient (Wildman–Crippen LogP) is 3.19. The Hall–Kier alpha value is -0.340. The first-order valence-electron chi connectivity index (χ1n) is 7.96. The average molecular weight is 438 g/mol. The summed E-state index contributed by atoms with van der Waals surface area (Å²) in [6.07, 6.45) is 1.05. The van der Waals surface area contributed by atoms with E-state index < -0.39 is 0 Å². The van der Waals surface area contributed by atoms with Gasteiger partial charge in [-0.25, -0.2) is 0 Å². The van der Waals surface area contributed by atoms with E-state index in [0.717, 1.165) is 45.1 Å². The Balaban J connectivity index is 0.00000441. The van der Waals surface area contributed by atoms with Crippen LogP contribution in [0.5, 0.6) is 0 Å². The molecule has 0 aliphatic heterocycles. The number of nitrogens with one attached hydrogen (secondary N) is 2. The van der Waals surface area contributed by atoms with Gasteiger partial charge in [0.25, 0.3) is 0 Å². The summed E-state index contributed by atoms with van der Waals surface area (Å²) in [5.41, 5.74) is 0. The molecule has 1 heterocycles. The van der Waals surface area contributed by atoms with Crippen LogP contribution in [0.25, 0.3) is 0 Å². The molecule has 0 aliphatic rings. The Morgan fingerprint density at radius 3 is 2.64 bits per heavy atom. The summed E-state index contributed by atoms with van der Waals surface area (Å²) in [7, 11) is 0. The van der Waals surface area contributed by atoms with Gasteiger partial charge in [0, 0.05) is 30.6 Å². The fourth-order valence-corrected chi connectivity index (χ4v) is 2.88. The van der Waals surface area contributed by atoms with Crippen LogP contribution in [-0.4, -0.2) is 49.6 Å². The maximum Gasteiger partial charge on any atom is 0.191 e. The fraction of sp³-hybridized carbons (Fsp3) is 0.688. The van der Waals surface area contributed by atoms with E-state index in [1.165, 1.54) is 4.88 Å². The first-order chi connectivity index (χ1) is 10.2. The lowest BCUT2D eigenvalue weighted by molar-refractivity contribution is 0.240. The summed E-state index contributed by atoms with van der Waals surface area (Å²) >= 11 is 1.81. The van der Waals surface area contributed by atoms with Gasteiger partial charge in [-0.3, -0.25) is 9.89 Å². The summed E-state index contributed by atoms with van der Waals surface area (Å²) in [6.45, 7) is 13.5. The van der Waals surface area contributed by atoms with Crippen LogP contribution in [0.3, 0.4) is 0 Å². The number of hydrogen-bond donors (Lipinski definition) is 2. The molecule has 0 aliphatic carbocycles. The molecule has 2 N–H and O–H groups in total. The molecule has 0 saturated heterocycles. The number of thiophene rings is 1. The highest BCUT2D eigenvalue weighted by Gasteiger charge is 2.05. The van der Waals surface area contributed by atoms with Crippen molar-refractivity contribution in [1.82, 2.24) is 15.5 Å². The minimum Gasteiger partial charge on any atom is -0.357 e. The lowest BCUT2D eigenvalue weighted by Gasteiger charge is -2.23. The van der Waals surface area contributed by atoms with Crippen molar-refractivity contribution >= 4 is 41.3 Å². The largest absolute Gasteiger partial charge is 0.357 e. The maximum absolute atomic E-state index is 4.66. The molecule has 128 valence electrons. The summed E-state index contributed by atoms with van der Waals surface area (Å²) in [4.78, 5) is 8.50. The Morgan fingerprint density at radius 1 is 1.32 bits per heavy atom. The van der Waals surface area contributed by atoms with Crippen molar-refractivity contribution in [3.63, 3.8) is 0 Å². The smallest absolute Gasteiger partial charge is 0.191 e. The molecule has 0 radical (unpaired) electrons. The number of guanidine groups is 1. The molecule has 0 bridgehead atoms. The second-order valence-corrected chi connectivity index (χ2v) is 6.27. The summed E-state index contributed by atoms with van der Waals surface area (Å²) in [5.74, 6) is 0.925. The Bertz CT molecular complexity index is 393. The van der Waals surface area contributed by atoms with Crippen molar-refractivity contribution in [3.8, 4) is 0 Å². The van der Waals surface area contributed by atoms with Crippen LogP contribution in [0.15, 0.2) is 22.5 Å². The molecular weight excluding hydrogens is 407 g/mol. The van der Waals surface area contributed by atoms with Crippen LogP contribution in [0.1, 0.15) is 32.6 Å². The van der Waals surface area contributed by atoms with Crippen LogP contribution < -0.4 is 10.6 Å². The monoisotopic (exact) mass is 438 g/mol. The van der Waals surface area contributed by atoms with Gasteiger partial charge in [0.1, 0.15) is 0 Å².